The summed E-state index contributed by atoms with van der Waals surface area (Å²) in [6.45, 7) is 6.20. The molecule has 0 amide bonds. The summed E-state index contributed by atoms with van der Waals surface area (Å²) < 4.78 is 12.3. The first-order valence-corrected chi connectivity index (χ1v) is 6.67. The molecular formula is C14H19N3O3. The Morgan fingerprint density at radius 3 is 2.80 bits per heavy atom. The van der Waals surface area contributed by atoms with Gasteiger partial charge >= 0.3 is 5.97 Å². The average molecular weight is 277 g/mol. The second-order valence-electron chi connectivity index (χ2n) is 5.02. The van der Waals surface area contributed by atoms with Crippen LogP contribution in [0.15, 0.2) is 16.8 Å². The van der Waals surface area contributed by atoms with E-state index < -0.39 is 5.97 Å². The van der Waals surface area contributed by atoms with Gasteiger partial charge in [0, 0.05) is 13.2 Å². The number of hydrogen-bond donors (Lipinski definition) is 0. The summed E-state index contributed by atoms with van der Waals surface area (Å²) in [5, 5.41) is 4.07. The molecule has 0 fully saturated rings. The molecule has 0 aliphatic heterocycles. The van der Waals surface area contributed by atoms with Gasteiger partial charge in [0.25, 0.3) is 0 Å². The van der Waals surface area contributed by atoms with E-state index in [4.69, 9.17) is 9.15 Å². The van der Waals surface area contributed by atoms with Crippen molar-refractivity contribution in [3.8, 4) is 11.5 Å². The monoisotopic (exact) mass is 277 g/mol. The Morgan fingerprint density at radius 1 is 1.50 bits per heavy atom. The van der Waals surface area contributed by atoms with Crippen LogP contribution in [0.4, 0.5) is 0 Å². The maximum atomic E-state index is 11.9. The summed E-state index contributed by atoms with van der Waals surface area (Å²) >= 11 is 0. The molecule has 0 aliphatic carbocycles. The summed E-state index contributed by atoms with van der Waals surface area (Å²) in [5.74, 6) is 0.497. The summed E-state index contributed by atoms with van der Waals surface area (Å²) in [7, 11) is 1.81. The second kappa shape index (κ2) is 5.90. The van der Waals surface area contributed by atoms with Crippen LogP contribution in [0.2, 0.25) is 0 Å². The first-order valence-electron chi connectivity index (χ1n) is 6.67. The van der Waals surface area contributed by atoms with Gasteiger partial charge in [-0.25, -0.2) is 9.78 Å². The van der Waals surface area contributed by atoms with E-state index in [2.05, 4.69) is 23.9 Å². The number of oxazole rings is 1. The third-order valence-electron chi connectivity index (χ3n) is 2.71. The lowest BCUT2D eigenvalue weighted by Crippen LogP contribution is -2.08. The molecule has 0 saturated carbocycles. The largest absolute Gasteiger partial charge is 0.460 e. The molecule has 0 spiro atoms. The fourth-order valence-electron chi connectivity index (χ4n) is 1.89. The molecule has 2 rings (SSSR count). The van der Waals surface area contributed by atoms with Crippen molar-refractivity contribution < 1.29 is 13.9 Å². The molecule has 0 N–H and O–H groups in total. The standard InChI is InChI=1S/C14H19N3O3/c1-5-19-14(18)12-11(6-9(2)3)16-13(20-12)10-7-15-17(4)8-10/h7-9H,5-6H2,1-4H3. The van der Waals surface area contributed by atoms with Gasteiger partial charge in [-0.05, 0) is 19.3 Å². The van der Waals surface area contributed by atoms with Crippen LogP contribution in [0.5, 0.6) is 0 Å². The van der Waals surface area contributed by atoms with Crippen LogP contribution in [0, 0.1) is 5.92 Å². The van der Waals surface area contributed by atoms with Crippen molar-refractivity contribution in [2.45, 2.75) is 27.2 Å². The van der Waals surface area contributed by atoms with E-state index in [1.54, 1.807) is 24.0 Å². The maximum Gasteiger partial charge on any atom is 0.376 e. The molecule has 108 valence electrons. The van der Waals surface area contributed by atoms with Gasteiger partial charge in [-0.2, -0.15) is 5.10 Å². The minimum absolute atomic E-state index is 0.194. The van der Waals surface area contributed by atoms with Crippen LogP contribution in [-0.2, 0) is 18.2 Å². The zero-order valence-corrected chi connectivity index (χ0v) is 12.2. The van der Waals surface area contributed by atoms with Crippen molar-refractivity contribution in [2.24, 2.45) is 13.0 Å². The van der Waals surface area contributed by atoms with Gasteiger partial charge in [0.15, 0.2) is 0 Å². The first kappa shape index (κ1) is 14.3. The van der Waals surface area contributed by atoms with Crippen molar-refractivity contribution in [1.82, 2.24) is 14.8 Å². The number of hydrogen-bond acceptors (Lipinski definition) is 5. The zero-order chi connectivity index (χ0) is 14.7. The Balaban J connectivity index is 2.38. The highest BCUT2D eigenvalue weighted by atomic mass is 16.5. The molecule has 0 aromatic carbocycles. The highest BCUT2D eigenvalue weighted by Crippen LogP contribution is 2.24. The van der Waals surface area contributed by atoms with Gasteiger partial charge in [-0.1, -0.05) is 13.8 Å². The first-order chi connectivity index (χ1) is 9.51. The van der Waals surface area contributed by atoms with Crippen LogP contribution in [0.1, 0.15) is 37.0 Å². The minimum Gasteiger partial charge on any atom is -0.460 e. The molecule has 2 aromatic heterocycles. The Hall–Kier alpha value is -2.11. The molecule has 0 saturated heterocycles. The van der Waals surface area contributed by atoms with Crippen molar-refractivity contribution in [2.75, 3.05) is 6.61 Å². The Bertz CT molecular complexity index is 599. The van der Waals surface area contributed by atoms with E-state index in [9.17, 15) is 4.79 Å². The number of carbonyl (C=O) groups is 1. The zero-order valence-electron chi connectivity index (χ0n) is 12.2. The maximum absolute atomic E-state index is 11.9. The van der Waals surface area contributed by atoms with Crippen molar-refractivity contribution in [3.63, 3.8) is 0 Å². The fourth-order valence-corrected chi connectivity index (χ4v) is 1.89. The molecule has 0 atom stereocenters. The van der Waals surface area contributed by atoms with Gasteiger partial charge in [0.05, 0.1) is 24.1 Å². The third-order valence-corrected chi connectivity index (χ3v) is 2.71. The lowest BCUT2D eigenvalue weighted by atomic mass is 10.1. The normalized spacial score (nSPS) is 11.1. The fraction of sp³-hybridized carbons (Fsp3) is 0.500. The molecule has 0 aliphatic rings. The number of ether oxygens (including phenoxy) is 1. The molecular weight excluding hydrogens is 258 g/mol. The number of aromatic nitrogens is 3. The van der Waals surface area contributed by atoms with E-state index in [0.717, 1.165) is 5.56 Å². The van der Waals surface area contributed by atoms with Gasteiger partial charge in [0.1, 0.15) is 0 Å². The van der Waals surface area contributed by atoms with Crippen LogP contribution >= 0.6 is 0 Å². The Kier molecular flexibility index (Phi) is 4.22. The molecule has 6 heteroatoms. The SMILES string of the molecule is CCOC(=O)c1oc(-c2cnn(C)c2)nc1CC(C)C. The van der Waals surface area contributed by atoms with Gasteiger partial charge in [-0.15, -0.1) is 0 Å². The minimum atomic E-state index is -0.467. The topological polar surface area (TPSA) is 70.2 Å². The molecule has 20 heavy (non-hydrogen) atoms. The summed E-state index contributed by atoms with van der Waals surface area (Å²) in [6, 6.07) is 0. The smallest absolute Gasteiger partial charge is 0.376 e. The summed E-state index contributed by atoms with van der Waals surface area (Å²) in [6.07, 6.45) is 4.11. The van der Waals surface area contributed by atoms with Crippen molar-refractivity contribution >= 4 is 5.97 Å². The Labute approximate surface area is 117 Å². The summed E-state index contributed by atoms with van der Waals surface area (Å²) in [5.41, 5.74) is 1.38. The molecule has 0 unspecified atom stereocenters. The number of esters is 1. The van der Waals surface area contributed by atoms with Crippen LogP contribution < -0.4 is 0 Å². The average Bonchev–Trinajstić information content (AvgIpc) is 2.95. The number of nitrogens with zero attached hydrogens (tertiary/aromatic N) is 3. The van der Waals surface area contributed by atoms with E-state index in [1.807, 2.05) is 7.05 Å². The van der Waals surface area contributed by atoms with E-state index in [-0.39, 0.29) is 5.76 Å². The highest BCUT2D eigenvalue weighted by Gasteiger charge is 2.23. The van der Waals surface area contributed by atoms with Crippen LogP contribution in [0.25, 0.3) is 11.5 Å². The third kappa shape index (κ3) is 3.07. The number of rotatable bonds is 5. The van der Waals surface area contributed by atoms with Gasteiger partial charge < -0.3 is 9.15 Å². The summed E-state index contributed by atoms with van der Waals surface area (Å²) in [4.78, 5) is 16.3. The molecule has 2 heterocycles. The van der Waals surface area contributed by atoms with E-state index in [1.165, 1.54) is 0 Å². The van der Waals surface area contributed by atoms with Gasteiger partial charge in [-0.3, -0.25) is 4.68 Å². The van der Waals surface area contributed by atoms with Crippen molar-refractivity contribution in [3.05, 3.63) is 23.8 Å². The van der Waals surface area contributed by atoms with Crippen LogP contribution in [0.3, 0.4) is 0 Å². The van der Waals surface area contributed by atoms with E-state index >= 15 is 0 Å². The molecule has 0 bridgehead atoms. The molecule has 2 aromatic rings. The lowest BCUT2D eigenvalue weighted by molar-refractivity contribution is 0.0489. The second-order valence-corrected chi connectivity index (χ2v) is 5.02. The van der Waals surface area contributed by atoms with E-state index in [0.29, 0.717) is 30.5 Å². The predicted molar refractivity (Wildman–Crippen MR) is 73.2 cm³/mol. The number of aryl methyl sites for hydroxylation is 1. The van der Waals surface area contributed by atoms with Gasteiger partial charge in [0.2, 0.25) is 11.7 Å². The van der Waals surface area contributed by atoms with Crippen molar-refractivity contribution in [1.29, 1.82) is 0 Å². The molecule has 6 nitrogen and oxygen atoms in total. The molecule has 0 radical (unpaired) electrons. The number of carbonyl (C=O) groups excluding carboxylic acids is 1. The Morgan fingerprint density at radius 2 is 2.25 bits per heavy atom. The van der Waals surface area contributed by atoms with Crippen LogP contribution in [-0.4, -0.2) is 27.3 Å². The highest BCUT2D eigenvalue weighted by molar-refractivity contribution is 5.88. The predicted octanol–water partition coefficient (Wildman–Crippen LogP) is 2.45. The lowest BCUT2D eigenvalue weighted by Gasteiger charge is -2.02. The quantitative estimate of drug-likeness (QED) is 0.785.